The van der Waals surface area contributed by atoms with E-state index in [0.717, 1.165) is 19.3 Å². The second-order valence-corrected chi connectivity index (χ2v) is 6.23. The summed E-state index contributed by atoms with van der Waals surface area (Å²) in [5.74, 6) is 0.576. The van der Waals surface area contributed by atoms with Crippen molar-refractivity contribution in [2.45, 2.75) is 45.2 Å². The van der Waals surface area contributed by atoms with E-state index in [0.29, 0.717) is 17.1 Å². The molecule has 1 aliphatic rings. The smallest absolute Gasteiger partial charge is 0.260 e. The molecule has 0 spiro atoms. The van der Waals surface area contributed by atoms with Crippen molar-refractivity contribution in [1.82, 2.24) is 4.90 Å². The van der Waals surface area contributed by atoms with Gasteiger partial charge in [-0.05, 0) is 39.2 Å². The van der Waals surface area contributed by atoms with Crippen LogP contribution in [0, 0.1) is 11.3 Å². The summed E-state index contributed by atoms with van der Waals surface area (Å²) in [6.45, 7) is 4.02. The van der Waals surface area contributed by atoms with Crippen LogP contribution in [0.5, 0.6) is 11.5 Å². The second kappa shape index (κ2) is 7.56. The molecule has 0 radical (unpaired) electrons. The Bertz CT molecular complexity index is 617. The molecule has 1 saturated heterocycles. The Morgan fingerprint density at radius 2 is 2.04 bits per heavy atom. The van der Waals surface area contributed by atoms with E-state index in [1.165, 1.54) is 19.2 Å². The van der Waals surface area contributed by atoms with Gasteiger partial charge >= 0.3 is 0 Å². The number of halogens is 1. The fourth-order valence-electron chi connectivity index (χ4n) is 3.05. The molecule has 1 aromatic rings. The summed E-state index contributed by atoms with van der Waals surface area (Å²) in [5.41, 5.74) is 0.379. The Morgan fingerprint density at radius 3 is 2.61 bits per heavy atom. The van der Waals surface area contributed by atoms with Crippen molar-refractivity contribution in [1.29, 1.82) is 5.26 Å². The van der Waals surface area contributed by atoms with Crippen LogP contribution >= 0.6 is 11.6 Å². The number of likely N-dealkylation sites (tertiary alicyclic amines) is 1. The number of nitrogens with zero attached hydrogens (tertiary/aromatic N) is 2. The highest BCUT2D eigenvalue weighted by Gasteiger charge is 2.29. The lowest BCUT2D eigenvalue weighted by Crippen LogP contribution is -2.49. The van der Waals surface area contributed by atoms with E-state index in [-0.39, 0.29) is 29.6 Å². The van der Waals surface area contributed by atoms with Crippen molar-refractivity contribution in [3.63, 3.8) is 0 Å². The van der Waals surface area contributed by atoms with Crippen LogP contribution in [0.1, 0.15) is 38.7 Å². The van der Waals surface area contributed by atoms with Crippen LogP contribution in [0.3, 0.4) is 0 Å². The third-order valence-electron chi connectivity index (χ3n) is 4.18. The summed E-state index contributed by atoms with van der Waals surface area (Å²) in [5, 5.41) is 9.21. The van der Waals surface area contributed by atoms with E-state index in [9.17, 15) is 4.79 Å². The topological polar surface area (TPSA) is 62.6 Å². The fraction of sp³-hybridized carbons (Fsp3) is 0.529. The summed E-state index contributed by atoms with van der Waals surface area (Å²) < 4.78 is 10.8. The molecule has 1 amide bonds. The average Bonchev–Trinajstić information content (AvgIpc) is 2.52. The number of hydrogen-bond acceptors (Lipinski definition) is 4. The van der Waals surface area contributed by atoms with Gasteiger partial charge in [-0.25, -0.2) is 0 Å². The second-order valence-electron chi connectivity index (χ2n) is 5.82. The third-order valence-corrected chi connectivity index (χ3v) is 4.46. The molecule has 124 valence electrons. The van der Waals surface area contributed by atoms with E-state index < -0.39 is 0 Å². The molecule has 0 unspecified atom stereocenters. The Balaban J connectivity index is 2.11. The number of carbonyl (C=O) groups excluding carboxylic acids is 1. The number of hydrogen-bond donors (Lipinski definition) is 0. The number of rotatable bonds is 4. The average molecular weight is 337 g/mol. The van der Waals surface area contributed by atoms with Gasteiger partial charge < -0.3 is 14.4 Å². The van der Waals surface area contributed by atoms with E-state index in [1.54, 1.807) is 0 Å². The molecular weight excluding hydrogens is 316 g/mol. The molecule has 23 heavy (non-hydrogen) atoms. The quantitative estimate of drug-likeness (QED) is 0.845. The Kier molecular flexibility index (Phi) is 5.73. The minimum absolute atomic E-state index is 0.0628. The molecule has 1 aliphatic heterocycles. The number of ether oxygens (including phenoxy) is 2. The summed E-state index contributed by atoms with van der Waals surface area (Å²) >= 11 is 6.14. The van der Waals surface area contributed by atoms with Crippen molar-refractivity contribution in [2.75, 3.05) is 13.7 Å². The van der Waals surface area contributed by atoms with Gasteiger partial charge in [0.1, 0.15) is 0 Å². The fourth-order valence-corrected chi connectivity index (χ4v) is 3.31. The van der Waals surface area contributed by atoms with Crippen molar-refractivity contribution in [2.24, 2.45) is 0 Å². The van der Waals surface area contributed by atoms with E-state index in [2.05, 4.69) is 13.8 Å². The van der Waals surface area contributed by atoms with E-state index in [4.69, 9.17) is 26.3 Å². The molecule has 0 bridgehead atoms. The molecule has 0 aliphatic carbocycles. The highest BCUT2D eigenvalue weighted by atomic mass is 35.5. The molecule has 1 aromatic carbocycles. The van der Waals surface area contributed by atoms with Crippen LogP contribution in [0.15, 0.2) is 12.1 Å². The number of carbonyl (C=O) groups is 1. The van der Waals surface area contributed by atoms with Crippen molar-refractivity contribution in [3.05, 3.63) is 22.7 Å². The maximum Gasteiger partial charge on any atom is 0.260 e. The van der Waals surface area contributed by atoms with Gasteiger partial charge in [0.05, 0.1) is 23.8 Å². The van der Waals surface area contributed by atoms with Crippen molar-refractivity contribution < 1.29 is 14.3 Å². The largest absolute Gasteiger partial charge is 0.493 e. The first-order valence-corrected chi connectivity index (χ1v) is 8.07. The monoisotopic (exact) mass is 336 g/mol. The molecule has 2 rings (SSSR count). The maximum atomic E-state index is 12.5. The van der Waals surface area contributed by atoms with Gasteiger partial charge in [-0.1, -0.05) is 11.6 Å². The molecule has 5 nitrogen and oxygen atoms in total. The minimum Gasteiger partial charge on any atom is -0.493 e. The van der Waals surface area contributed by atoms with Crippen LogP contribution in [0.25, 0.3) is 0 Å². The normalized spacial score (nSPS) is 20.7. The lowest BCUT2D eigenvalue weighted by molar-refractivity contribution is -0.139. The number of amides is 1. The Morgan fingerprint density at radius 1 is 1.39 bits per heavy atom. The highest BCUT2D eigenvalue weighted by Crippen LogP contribution is 2.36. The Hall–Kier alpha value is -1.93. The first kappa shape index (κ1) is 17.4. The van der Waals surface area contributed by atoms with Crippen LogP contribution < -0.4 is 9.47 Å². The number of nitriles is 1. The zero-order valence-corrected chi connectivity index (χ0v) is 14.4. The molecule has 6 heteroatoms. The van der Waals surface area contributed by atoms with Gasteiger partial charge in [0.25, 0.3) is 5.91 Å². The summed E-state index contributed by atoms with van der Waals surface area (Å²) in [6, 6.07) is 5.47. The lowest BCUT2D eigenvalue weighted by Gasteiger charge is -2.39. The predicted molar refractivity (Wildman–Crippen MR) is 87.8 cm³/mol. The van der Waals surface area contributed by atoms with Crippen molar-refractivity contribution in [3.8, 4) is 17.6 Å². The van der Waals surface area contributed by atoms with Gasteiger partial charge in [0, 0.05) is 18.2 Å². The van der Waals surface area contributed by atoms with E-state index >= 15 is 0 Å². The number of methoxy groups -OCH3 is 1. The van der Waals surface area contributed by atoms with Gasteiger partial charge in [-0.15, -0.1) is 0 Å². The summed E-state index contributed by atoms with van der Waals surface area (Å²) in [6.07, 6.45) is 3.16. The first-order chi connectivity index (χ1) is 11.0. The van der Waals surface area contributed by atoms with Gasteiger partial charge in [0.15, 0.2) is 18.1 Å². The van der Waals surface area contributed by atoms with Gasteiger partial charge in [-0.2, -0.15) is 5.26 Å². The zero-order valence-electron chi connectivity index (χ0n) is 13.6. The number of benzene rings is 1. The first-order valence-electron chi connectivity index (χ1n) is 7.69. The van der Waals surface area contributed by atoms with Gasteiger partial charge in [0.2, 0.25) is 0 Å². The molecule has 2 atom stereocenters. The third kappa shape index (κ3) is 3.89. The van der Waals surface area contributed by atoms with Crippen LogP contribution in [0.4, 0.5) is 0 Å². The number of piperidine rings is 1. The van der Waals surface area contributed by atoms with Crippen LogP contribution in [0.2, 0.25) is 5.02 Å². The molecular formula is C17H21ClN2O3. The molecule has 0 saturated carbocycles. The molecule has 1 heterocycles. The minimum atomic E-state index is -0.101. The lowest BCUT2D eigenvalue weighted by atomic mass is 9.97. The molecule has 1 fully saturated rings. The van der Waals surface area contributed by atoms with Crippen LogP contribution in [-0.2, 0) is 4.79 Å². The summed E-state index contributed by atoms with van der Waals surface area (Å²) in [4.78, 5) is 14.4. The SMILES string of the molecule is COc1cc(C#N)cc(Cl)c1OCC(=O)N1[C@@H](C)CCC[C@@H]1C. The summed E-state index contributed by atoms with van der Waals surface area (Å²) in [7, 11) is 1.47. The van der Waals surface area contributed by atoms with Gasteiger partial charge in [-0.3, -0.25) is 4.79 Å². The Labute approximate surface area is 141 Å². The molecule has 0 N–H and O–H groups in total. The maximum absolute atomic E-state index is 12.5. The van der Waals surface area contributed by atoms with Crippen molar-refractivity contribution >= 4 is 17.5 Å². The highest BCUT2D eigenvalue weighted by molar-refractivity contribution is 6.32. The van der Waals surface area contributed by atoms with Crippen LogP contribution in [-0.4, -0.2) is 36.6 Å². The zero-order chi connectivity index (χ0) is 17.0. The van der Waals surface area contributed by atoms with E-state index in [1.807, 2.05) is 11.0 Å². The predicted octanol–water partition coefficient (Wildman–Crippen LogP) is 3.39. The molecule has 0 aromatic heterocycles. The standard InChI is InChI=1S/C17H21ClN2O3/c1-11-5-4-6-12(2)20(11)16(21)10-23-17-14(18)7-13(9-19)8-15(17)22-3/h7-8,11-12H,4-6,10H2,1-3H3/t11-,12-/m0/s1.